The Morgan fingerprint density at radius 1 is 0.406 bits per heavy atom. The molecule has 6 heteroatoms. The molecule has 2 aliphatic rings. The van der Waals surface area contributed by atoms with Gasteiger partial charge < -0.3 is 4.74 Å². The lowest BCUT2D eigenvalue weighted by molar-refractivity contribution is 0.490. The van der Waals surface area contributed by atoms with Crippen LogP contribution in [0.25, 0.3) is 78.0 Å². The molecule has 0 atom stereocenters. The van der Waals surface area contributed by atoms with Crippen molar-refractivity contribution in [2.45, 2.75) is 13.1 Å². The van der Waals surface area contributed by atoms with Gasteiger partial charge in [0.05, 0.1) is 22.1 Å². The summed E-state index contributed by atoms with van der Waals surface area (Å²) in [7, 11) is -5.85. The Morgan fingerprint density at radius 3 is 1.52 bits per heavy atom. The molecule has 326 valence electrons. The minimum absolute atomic E-state index is 0.892. The Balaban J connectivity index is 1.15. The fraction of sp³-hybridized carbons (Fsp3) is 0.0317. The number of aromatic nitrogens is 3. The number of imidazole rings is 2. The summed E-state index contributed by atoms with van der Waals surface area (Å²) in [5.74, 6) is 2.83. The van der Waals surface area contributed by atoms with Gasteiger partial charge in [0, 0.05) is 5.69 Å². The number of ether oxygens (including phenoxy) is 1. The highest BCUT2D eigenvalue weighted by Crippen LogP contribution is 2.47. The average Bonchev–Trinajstić information content (AvgIpc) is 3.94. The van der Waals surface area contributed by atoms with E-state index in [1.807, 2.05) is 0 Å². The zero-order valence-electron chi connectivity index (χ0n) is 38.3. The van der Waals surface area contributed by atoms with Crippen LogP contribution in [0.4, 0.5) is 0 Å². The molecule has 4 nitrogen and oxygen atoms in total. The van der Waals surface area contributed by atoms with Crippen LogP contribution in [0.1, 0.15) is 0 Å². The van der Waals surface area contributed by atoms with E-state index in [-0.39, 0.29) is 0 Å². The predicted molar refractivity (Wildman–Crippen MR) is 292 cm³/mol. The summed E-state index contributed by atoms with van der Waals surface area (Å²) < 4.78 is 12.3. The number of nitrogens with zero attached hydrogens (tertiary/aromatic N) is 3. The van der Waals surface area contributed by atoms with Crippen molar-refractivity contribution in [2.24, 2.45) is 0 Å². The van der Waals surface area contributed by atoms with E-state index >= 15 is 0 Å². The quantitative estimate of drug-likeness (QED) is 0.127. The lowest BCUT2D eigenvalue weighted by atomic mass is 9.81. The third-order valence-electron chi connectivity index (χ3n) is 15.1. The Labute approximate surface area is 403 Å². The Bertz CT molecular complexity index is 3990. The molecule has 1 aliphatic heterocycles. The molecule has 14 rings (SSSR count). The third kappa shape index (κ3) is 5.70. The molecule has 0 amide bonds. The van der Waals surface area contributed by atoms with E-state index in [0.717, 1.165) is 45.0 Å². The molecule has 0 spiro atoms. The third-order valence-corrected chi connectivity index (χ3v) is 23.3. The van der Waals surface area contributed by atoms with E-state index in [1.165, 1.54) is 75.6 Å². The first-order chi connectivity index (χ1) is 34.0. The maximum Gasteiger partial charge on any atom is 0.220 e. The summed E-state index contributed by atoms with van der Waals surface area (Å²) >= 11 is 0. The van der Waals surface area contributed by atoms with Crippen LogP contribution in [0.3, 0.4) is 0 Å². The van der Waals surface area contributed by atoms with Gasteiger partial charge in [0.2, 0.25) is 5.78 Å². The number of para-hydroxylation sites is 5. The highest BCUT2D eigenvalue weighted by atomic mass is 28.3. The number of hydrogen-bond acceptors (Lipinski definition) is 2. The number of benzene rings is 10. The van der Waals surface area contributed by atoms with E-state index in [0.29, 0.717) is 0 Å². The molecular weight excluding hydrogens is 871 g/mol. The maximum atomic E-state index is 7.54. The van der Waals surface area contributed by atoms with E-state index in [9.17, 15) is 0 Å². The fourth-order valence-electron chi connectivity index (χ4n) is 12.0. The second-order valence-corrected chi connectivity index (χ2v) is 27.1. The lowest BCUT2D eigenvalue weighted by Gasteiger charge is -2.40. The molecule has 69 heavy (non-hydrogen) atoms. The van der Waals surface area contributed by atoms with Gasteiger partial charge in [-0.05, 0) is 118 Å². The molecule has 1 aliphatic carbocycles. The van der Waals surface area contributed by atoms with Crippen molar-refractivity contribution in [3.05, 3.63) is 237 Å². The van der Waals surface area contributed by atoms with Crippen LogP contribution in [0.5, 0.6) is 11.5 Å². The zero-order chi connectivity index (χ0) is 45.8. The molecular formula is C63H45N3OSi2. The van der Waals surface area contributed by atoms with Crippen molar-refractivity contribution in [1.29, 1.82) is 0 Å². The van der Waals surface area contributed by atoms with Gasteiger partial charge in [-0.3, -0.25) is 8.97 Å². The van der Waals surface area contributed by atoms with Gasteiger partial charge in [-0.25, -0.2) is 4.98 Å². The number of rotatable bonds is 5. The van der Waals surface area contributed by atoms with Gasteiger partial charge in [-0.2, -0.15) is 0 Å². The van der Waals surface area contributed by atoms with Crippen LogP contribution < -0.4 is 35.9 Å². The van der Waals surface area contributed by atoms with Crippen LogP contribution >= 0.6 is 0 Å². The molecule has 12 aromatic rings. The van der Waals surface area contributed by atoms with E-state index in [2.05, 4.69) is 259 Å². The Hall–Kier alpha value is -8.30. The molecule has 0 saturated heterocycles. The van der Waals surface area contributed by atoms with Gasteiger partial charge in [0.15, 0.2) is 8.07 Å². The molecule has 0 unspecified atom stereocenters. The summed E-state index contributed by atoms with van der Waals surface area (Å²) in [4.78, 5) is 5.42. The smallest absolute Gasteiger partial charge is 0.220 e. The molecule has 2 aromatic heterocycles. The van der Waals surface area contributed by atoms with Crippen LogP contribution in [0.15, 0.2) is 237 Å². The molecule has 0 bridgehead atoms. The van der Waals surface area contributed by atoms with Gasteiger partial charge in [0.1, 0.15) is 19.6 Å². The standard InChI is InChI=1S/C63H45N3OSi2/c1-68(2)59-36-20-19-35-58(59)67-62-60(68)39-42(65-56-33-17-18-34-57(56)66-55-32-16-15-31-54(55)64-63(65)66)40-61(62)69(43-21-5-3-6-22-43,44-23-7-4-8-24-44)45-37-38-52-50-29-12-11-27-48(50)46-25-9-10-26-47(46)49-28-13-14-30-51(49)53(52)41-45/h3-41H,1-2H3. The van der Waals surface area contributed by atoms with Crippen molar-refractivity contribution in [1.82, 2.24) is 14.0 Å². The highest BCUT2D eigenvalue weighted by Gasteiger charge is 2.48. The summed E-state index contributed by atoms with van der Waals surface area (Å²) in [5.41, 5.74) is 15.2. The minimum atomic E-state index is -3.39. The van der Waals surface area contributed by atoms with E-state index in [4.69, 9.17) is 9.72 Å². The Kier molecular flexibility index (Phi) is 8.72. The summed E-state index contributed by atoms with van der Waals surface area (Å²) in [6.07, 6.45) is 0. The van der Waals surface area contributed by atoms with Crippen molar-refractivity contribution >= 4 is 75.1 Å². The fourth-order valence-corrected chi connectivity index (χ4v) is 19.8. The van der Waals surface area contributed by atoms with Crippen LogP contribution in [0, 0.1) is 0 Å². The van der Waals surface area contributed by atoms with Gasteiger partial charge >= 0.3 is 0 Å². The van der Waals surface area contributed by atoms with Crippen LogP contribution in [-0.4, -0.2) is 30.1 Å². The minimum Gasteiger partial charge on any atom is -0.458 e. The topological polar surface area (TPSA) is 31.5 Å². The van der Waals surface area contributed by atoms with Crippen LogP contribution in [-0.2, 0) is 0 Å². The van der Waals surface area contributed by atoms with Crippen molar-refractivity contribution in [3.8, 4) is 61.7 Å². The second kappa shape index (κ2) is 15.1. The monoisotopic (exact) mass is 915 g/mol. The van der Waals surface area contributed by atoms with Crippen molar-refractivity contribution in [3.63, 3.8) is 0 Å². The van der Waals surface area contributed by atoms with Gasteiger partial charge in [-0.1, -0.05) is 207 Å². The van der Waals surface area contributed by atoms with E-state index in [1.54, 1.807) is 0 Å². The first-order valence-electron chi connectivity index (χ1n) is 23.9. The second-order valence-electron chi connectivity index (χ2n) is 19.0. The zero-order valence-corrected chi connectivity index (χ0v) is 40.3. The maximum absolute atomic E-state index is 7.54. The first-order valence-corrected chi connectivity index (χ1v) is 28.9. The highest BCUT2D eigenvalue weighted by molar-refractivity contribution is 7.20. The summed E-state index contributed by atoms with van der Waals surface area (Å²) in [6.45, 7) is 5.00. The number of hydrogen-bond donors (Lipinski definition) is 0. The van der Waals surface area contributed by atoms with Crippen molar-refractivity contribution in [2.75, 3.05) is 0 Å². The molecule has 3 heterocycles. The Morgan fingerprint density at radius 2 is 0.899 bits per heavy atom. The van der Waals surface area contributed by atoms with E-state index < -0.39 is 16.1 Å². The molecule has 0 N–H and O–H groups in total. The van der Waals surface area contributed by atoms with Gasteiger partial charge in [0.25, 0.3) is 0 Å². The lowest BCUT2D eigenvalue weighted by Crippen LogP contribution is -2.76. The van der Waals surface area contributed by atoms with Crippen LogP contribution in [0.2, 0.25) is 13.1 Å². The largest absolute Gasteiger partial charge is 0.458 e. The molecule has 0 saturated carbocycles. The average molecular weight is 916 g/mol. The predicted octanol–water partition coefficient (Wildman–Crippen LogP) is 11.7. The SMILES string of the molecule is C[Si]1(C)c2ccccc2Oc2c1cc(-n1c3ccccc3n3c4ccccc4nc13)cc2[Si](c1ccccc1)(c1ccccc1)c1ccc2c(c1)-c1ccccc1-c1ccccc1-c1ccccc1-2. The molecule has 0 radical (unpaired) electrons. The van der Waals surface area contributed by atoms with Crippen molar-refractivity contribution < 1.29 is 4.74 Å². The molecule has 10 aromatic carbocycles. The number of fused-ring (bicyclic) bond motifs is 15. The summed E-state index contributed by atoms with van der Waals surface area (Å²) in [5, 5.41) is 7.67. The first kappa shape index (κ1) is 39.8. The normalized spacial score (nSPS) is 13.3. The summed E-state index contributed by atoms with van der Waals surface area (Å²) in [6, 6.07) is 88.0. The van der Waals surface area contributed by atoms with Gasteiger partial charge in [-0.15, -0.1) is 0 Å². The molecule has 0 fully saturated rings.